The molecule has 1 fully saturated rings. The number of fused-ring (bicyclic) bond motifs is 1. The minimum atomic E-state index is -4.53. The lowest BCUT2D eigenvalue weighted by molar-refractivity contribution is -0.137. The molecule has 0 unspecified atom stereocenters. The first kappa shape index (κ1) is 21.8. The highest BCUT2D eigenvalue weighted by atomic mass is 19.4. The van der Waals surface area contributed by atoms with Crippen LogP contribution in [0.1, 0.15) is 18.1 Å². The maximum atomic E-state index is 13.3. The lowest BCUT2D eigenvalue weighted by atomic mass is 10.0. The standard InChI is InChI=1S/C20H20F3N5O4/c1-3-30-10-31-16-5-12(20(21,22)23)4-11(2)17(16)14-7-24-15-9-28(27-18(15)26-14)8-13-6-25-19(29)32-13/h4-5,7,9,13H,3,6,8,10H2,1-2H3,(H,25,29)/t13-/m1/s1. The Morgan fingerprint density at radius 1 is 1.34 bits per heavy atom. The first-order valence-electron chi connectivity index (χ1n) is 9.82. The van der Waals surface area contributed by atoms with Gasteiger partial charge in [0.15, 0.2) is 12.4 Å². The number of carbonyl (C=O) groups excluding carboxylic acids is 1. The van der Waals surface area contributed by atoms with E-state index in [1.807, 2.05) is 0 Å². The topological polar surface area (TPSA) is 100 Å². The molecule has 0 radical (unpaired) electrons. The zero-order valence-corrected chi connectivity index (χ0v) is 17.3. The van der Waals surface area contributed by atoms with Crippen molar-refractivity contribution in [3.05, 3.63) is 35.7 Å². The van der Waals surface area contributed by atoms with Gasteiger partial charge in [0.1, 0.15) is 17.4 Å². The zero-order valence-electron chi connectivity index (χ0n) is 17.3. The van der Waals surface area contributed by atoms with Crippen LogP contribution in [0.25, 0.3) is 22.4 Å². The van der Waals surface area contributed by atoms with Gasteiger partial charge in [-0.1, -0.05) is 0 Å². The lowest BCUT2D eigenvalue weighted by Gasteiger charge is -2.16. The molecule has 1 saturated heterocycles. The molecule has 0 saturated carbocycles. The second-order valence-corrected chi connectivity index (χ2v) is 7.14. The average molecular weight is 451 g/mol. The Balaban J connectivity index is 1.69. The number of aromatic nitrogens is 4. The molecule has 1 aliphatic heterocycles. The van der Waals surface area contributed by atoms with Crippen molar-refractivity contribution in [3.8, 4) is 17.0 Å². The molecule has 1 atom stereocenters. The van der Waals surface area contributed by atoms with Gasteiger partial charge in [0.25, 0.3) is 0 Å². The molecule has 3 aromatic rings. The molecule has 9 nitrogen and oxygen atoms in total. The molecule has 4 rings (SSSR count). The summed E-state index contributed by atoms with van der Waals surface area (Å²) in [4.78, 5) is 20.0. The zero-order chi connectivity index (χ0) is 22.9. The summed E-state index contributed by atoms with van der Waals surface area (Å²) < 4.78 is 57.2. The van der Waals surface area contributed by atoms with Gasteiger partial charge in [0, 0.05) is 12.2 Å². The van der Waals surface area contributed by atoms with Gasteiger partial charge in [-0.15, -0.1) is 0 Å². The lowest BCUT2D eigenvalue weighted by Crippen LogP contribution is -2.20. The molecule has 1 amide bonds. The molecule has 2 aromatic heterocycles. The summed E-state index contributed by atoms with van der Waals surface area (Å²) in [5.41, 5.74) is 0.971. The van der Waals surface area contributed by atoms with Crippen molar-refractivity contribution >= 4 is 17.3 Å². The van der Waals surface area contributed by atoms with Gasteiger partial charge in [-0.3, -0.25) is 4.68 Å². The third-order valence-corrected chi connectivity index (χ3v) is 4.80. The van der Waals surface area contributed by atoms with Gasteiger partial charge >= 0.3 is 12.3 Å². The number of nitrogens with one attached hydrogen (secondary N) is 1. The van der Waals surface area contributed by atoms with Crippen molar-refractivity contribution in [2.75, 3.05) is 19.9 Å². The monoisotopic (exact) mass is 451 g/mol. The summed E-state index contributed by atoms with van der Waals surface area (Å²) in [6, 6.07) is 1.96. The third-order valence-electron chi connectivity index (χ3n) is 4.80. The number of nitrogens with zero attached hydrogens (tertiary/aromatic N) is 4. The van der Waals surface area contributed by atoms with Crippen LogP contribution in [0, 0.1) is 6.92 Å². The molecule has 12 heteroatoms. The molecule has 1 N–H and O–H groups in total. The van der Waals surface area contributed by atoms with Gasteiger partial charge in [0.2, 0.25) is 0 Å². The second-order valence-electron chi connectivity index (χ2n) is 7.14. The van der Waals surface area contributed by atoms with Crippen molar-refractivity contribution in [2.24, 2.45) is 0 Å². The van der Waals surface area contributed by atoms with E-state index in [-0.39, 0.29) is 18.6 Å². The van der Waals surface area contributed by atoms with Crippen molar-refractivity contribution in [2.45, 2.75) is 32.7 Å². The smallest absolute Gasteiger partial charge is 0.416 e. The fourth-order valence-electron chi connectivity index (χ4n) is 3.35. The Morgan fingerprint density at radius 2 is 2.16 bits per heavy atom. The van der Waals surface area contributed by atoms with Crippen LogP contribution in [-0.2, 0) is 22.2 Å². The number of hydrogen-bond acceptors (Lipinski definition) is 7. The highest BCUT2D eigenvalue weighted by Gasteiger charge is 2.32. The highest BCUT2D eigenvalue weighted by molar-refractivity contribution is 5.77. The van der Waals surface area contributed by atoms with Crippen LogP contribution in [0.15, 0.2) is 24.5 Å². The van der Waals surface area contributed by atoms with E-state index in [9.17, 15) is 18.0 Å². The van der Waals surface area contributed by atoms with Crippen LogP contribution in [0.5, 0.6) is 5.75 Å². The van der Waals surface area contributed by atoms with E-state index in [4.69, 9.17) is 14.2 Å². The molecule has 0 bridgehead atoms. The highest BCUT2D eigenvalue weighted by Crippen LogP contribution is 2.39. The van der Waals surface area contributed by atoms with Crippen LogP contribution in [-0.4, -0.2) is 51.9 Å². The fraction of sp³-hybridized carbons (Fsp3) is 0.400. The number of carbonyl (C=O) groups is 1. The number of ether oxygens (including phenoxy) is 3. The fourth-order valence-corrected chi connectivity index (χ4v) is 3.35. The van der Waals surface area contributed by atoms with E-state index in [1.54, 1.807) is 24.7 Å². The van der Waals surface area contributed by atoms with Crippen molar-refractivity contribution < 1.29 is 32.2 Å². The number of benzene rings is 1. The molecule has 1 aromatic carbocycles. The average Bonchev–Trinajstić information content (AvgIpc) is 3.32. The first-order chi connectivity index (χ1) is 15.2. The van der Waals surface area contributed by atoms with Crippen molar-refractivity contribution in [1.29, 1.82) is 0 Å². The Labute approximate surface area is 180 Å². The Morgan fingerprint density at radius 3 is 2.84 bits per heavy atom. The summed E-state index contributed by atoms with van der Waals surface area (Å²) >= 11 is 0. The minimum absolute atomic E-state index is 0.0113. The van der Waals surface area contributed by atoms with E-state index in [2.05, 4.69) is 20.4 Å². The number of alkyl halides is 3. The molecule has 3 heterocycles. The number of alkyl carbamates (subject to hydrolysis) is 1. The maximum absolute atomic E-state index is 13.3. The van der Waals surface area contributed by atoms with E-state index in [1.165, 1.54) is 6.20 Å². The van der Waals surface area contributed by atoms with Crippen LogP contribution >= 0.6 is 0 Å². The molecule has 170 valence electrons. The number of cyclic esters (lactones) is 1. The molecule has 0 aliphatic carbocycles. The van der Waals surface area contributed by atoms with Gasteiger partial charge in [-0.05, 0) is 31.5 Å². The van der Waals surface area contributed by atoms with E-state index >= 15 is 0 Å². The van der Waals surface area contributed by atoms with Crippen LogP contribution < -0.4 is 10.1 Å². The second kappa shape index (κ2) is 8.61. The molecule has 0 spiro atoms. The summed E-state index contributed by atoms with van der Waals surface area (Å²) in [5, 5.41) is 6.92. The summed E-state index contributed by atoms with van der Waals surface area (Å²) in [6.45, 7) is 4.12. The van der Waals surface area contributed by atoms with Crippen molar-refractivity contribution in [3.63, 3.8) is 0 Å². The van der Waals surface area contributed by atoms with Gasteiger partial charge < -0.3 is 19.5 Å². The molecular weight excluding hydrogens is 431 g/mol. The van der Waals surface area contributed by atoms with Crippen LogP contribution in [0.3, 0.4) is 0 Å². The number of rotatable bonds is 7. The normalized spacial score (nSPS) is 16.3. The van der Waals surface area contributed by atoms with Gasteiger partial charge in [-0.2, -0.15) is 18.3 Å². The van der Waals surface area contributed by atoms with E-state index < -0.39 is 17.8 Å². The summed E-state index contributed by atoms with van der Waals surface area (Å²) in [5.74, 6) is -0.0113. The SMILES string of the molecule is CCOCOc1cc(C(F)(F)F)cc(C)c1-c1cnc2cn(C[C@H]3CNC(=O)O3)nc2n1. The number of aryl methyl sites for hydroxylation is 1. The number of hydrogen-bond donors (Lipinski definition) is 1. The number of halogens is 3. The van der Waals surface area contributed by atoms with Crippen molar-refractivity contribution in [1.82, 2.24) is 25.1 Å². The van der Waals surface area contributed by atoms with Gasteiger partial charge in [0.05, 0.1) is 36.7 Å². The largest absolute Gasteiger partial charge is 0.467 e. The third kappa shape index (κ3) is 4.59. The quantitative estimate of drug-likeness (QED) is 0.435. The van der Waals surface area contributed by atoms with Crippen LogP contribution in [0.4, 0.5) is 18.0 Å². The molecule has 32 heavy (non-hydrogen) atoms. The number of amides is 1. The first-order valence-corrected chi connectivity index (χ1v) is 9.82. The molecular formula is C20H20F3N5O4. The summed E-state index contributed by atoms with van der Waals surface area (Å²) in [6.07, 6.45) is -2.27. The predicted molar refractivity (Wildman–Crippen MR) is 106 cm³/mol. The minimum Gasteiger partial charge on any atom is -0.467 e. The van der Waals surface area contributed by atoms with Crippen LogP contribution in [0.2, 0.25) is 0 Å². The Bertz CT molecular complexity index is 1150. The van der Waals surface area contributed by atoms with Gasteiger partial charge in [-0.25, -0.2) is 14.8 Å². The Hall–Kier alpha value is -3.41. The van der Waals surface area contributed by atoms with E-state index in [0.29, 0.717) is 47.7 Å². The Kier molecular flexibility index (Phi) is 5.87. The predicted octanol–water partition coefficient (Wildman–Crippen LogP) is 3.30. The van der Waals surface area contributed by atoms with E-state index in [0.717, 1.165) is 12.1 Å². The molecule has 1 aliphatic rings. The summed E-state index contributed by atoms with van der Waals surface area (Å²) in [7, 11) is 0. The maximum Gasteiger partial charge on any atom is 0.416 e.